The molecule has 0 aliphatic rings. The standard InChI is InChI=1S/C13H16N2O5/c1-4-8-5-9(16)20-12-10(8)11(17)14-13(15-12)19-6-7(2)18-3/h5,7H,4,6H2,1-3H3,(H,14,15,17). The zero-order valence-electron chi connectivity index (χ0n) is 11.6. The Bertz CT molecular complexity index is 719. The van der Waals surface area contributed by atoms with Gasteiger partial charge in [0, 0.05) is 13.2 Å². The van der Waals surface area contributed by atoms with E-state index in [0.29, 0.717) is 12.0 Å². The Balaban J connectivity index is 2.47. The van der Waals surface area contributed by atoms with E-state index in [1.807, 2.05) is 13.8 Å². The molecule has 7 nitrogen and oxygen atoms in total. The Hall–Kier alpha value is -2.15. The maximum atomic E-state index is 12.0. The second kappa shape index (κ2) is 5.87. The summed E-state index contributed by atoms with van der Waals surface area (Å²) >= 11 is 0. The number of hydrogen-bond acceptors (Lipinski definition) is 6. The molecule has 0 aromatic carbocycles. The number of hydrogen-bond donors (Lipinski definition) is 1. The van der Waals surface area contributed by atoms with Crippen LogP contribution in [0.1, 0.15) is 19.4 Å². The Morgan fingerprint density at radius 3 is 2.85 bits per heavy atom. The van der Waals surface area contributed by atoms with Crippen LogP contribution < -0.4 is 15.9 Å². The summed E-state index contributed by atoms with van der Waals surface area (Å²) in [5.74, 6) is 0. The van der Waals surface area contributed by atoms with Crippen LogP contribution in [0.4, 0.5) is 0 Å². The van der Waals surface area contributed by atoms with Gasteiger partial charge >= 0.3 is 5.63 Å². The molecular weight excluding hydrogens is 264 g/mol. The highest BCUT2D eigenvalue weighted by molar-refractivity contribution is 5.75. The number of ether oxygens (including phenoxy) is 2. The van der Waals surface area contributed by atoms with Crippen molar-refractivity contribution in [2.24, 2.45) is 0 Å². The van der Waals surface area contributed by atoms with Gasteiger partial charge in [-0.3, -0.25) is 9.78 Å². The minimum atomic E-state index is -0.538. The first-order valence-corrected chi connectivity index (χ1v) is 6.27. The van der Waals surface area contributed by atoms with Crippen LogP contribution in [0, 0.1) is 0 Å². The van der Waals surface area contributed by atoms with Gasteiger partial charge in [-0.2, -0.15) is 4.98 Å². The summed E-state index contributed by atoms with van der Waals surface area (Å²) in [5.41, 5.74) is -0.348. The lowest BCUT2D eigenvalue weighted by Crippen LogP contribution is -2.20. The van der Waals surface area contributed by atoms with E-state index in [-0.39, 0.29) is 29.8 Å². The van der Waals surface area contributed by atoms with Crippen LogP contribution in [0.5, 0.6) is 6.01 Å². The lowest BCUT2D eigenvalue weighted by atomic mass is 10.1. The molecule has 0 amide bonds. The number of fused-ring (bicyclic) bond motifs is 1. The second-order valence-electron chi connectivity index (χ2n) is 4.35. The molecule has 0 spiro atoms. The molecule has 0 saturated carbocycles. The van der Waals surface area contributed by atoms with Crippen molar-refractivity contribution in [3.05, 3.63) is 32.4 Å². The van der Waals surface area contributed by atoms with Gasteiger partial charge in [0.25, 0.3) is 11.6 Å². The molecule has 2 aromatic heterocycles. The monoisotopic (exact) mass is 280 g/mol. The number of aromatic nitrogens is 2. The average molecular weight is 280 g/mol. The third-order valence-corrected chi connectivity index (χ3v) is 2.91. The normalized spacial score (nSPS) is 12.6. The first-order chi connectivity index (χ1) is 9.55. The Morgan fingerprint density at radius 2 is 2.20 bits per heavy atom. The van der Waals surface area contributed by atoms with Gasteiger partial charge in [0.1, 0.15) is 12.0 Å². The van der Waals surface area contributed by atoms with Gasteiger partial charge in [-0.15, -0.1) is 0 Å². The molecule has 7 heteroatoms. The molecule has 0 bridgehead atoms. The van der Waals surface area contributed by atoms with Gasteiger partial charge < -0.3 is 13.9 Å². The predicted octanol–water partition coefficient (Wildman–Crippen LogP) is 0.852. The minimum absolute atomic E-state index is 0.00260. The van der Waals surface area contributed by atoms with Crippen molar-refractivity contribution < 1.29 is 13.9 Å². The smallest absolute Gasteiger partial charge is 0.337 e. The van der Waals surface area contributed by atoms with Crippen LogP contribution in [0.2, 0.25) is 0 Å². The summed E-state index contributed by atoms with van der Waals surface area (Å²) in [4.78, 5) is 30.0. The van der Waals surface area contributed by atoms with Crippen molar-refractivity contribution in [3.8, 4) is 6.01 Å². The molecular formula is C13H16N2O5. The number of nitrogens with one attached hydrogen (secondary N) is 1. The van der Waals surface area contributed by atoms with Gasteiger partial charge in [-0.05, 0) is 18.9 Å². The second-order valence-corrected chi connectivity index (χ2v) is 4.35. The summed E-state index contributed by atoms with van der Waals surface area (Å²) < 4.78 is 15.3. The zero-order valence-corrected chi connectivity index (χ0v) is 11.6. The van der Waals surface area contributed by atoms with Crippen LogP contribution in [0.3, 0.4) is 0 Å². The maximum Gasteiger partial charge on any atom is 0.337 e. The molecule has 2 aromatic rings. The van der Waals surface area contributed by atoms with E-state index in [9.17, 15) is 9.59 Å². The number of H-pyrrole nitrogens is 1. The molecule has 1 atom stereocenters. The highest BCUT2D eigenvalue weighted by Gasteiger charge is 2.12. The van der Waals surface area contributed by atoms with Crippen molar-refractivity contribution in [1.29, 1.82) is 0 Å². The maximum absolute atomic E-state index is 12.0. The Morgan fingerprint density at radius 1 is 1.45 bits per heavy atom. The summed E-state index contributed by atoms with van der Waals surface area (Å²) in [7, 11) is 1.55. The molecule has 1 unspecified atom stereocenters. The topological polar surface area (TPSA) is 94.4 Å². The van der Waals surface area contributed by atoms with E-state index in [4.69, 9.17) is 13.9 Å². The minimum Gasteiger partial charge on any atom is -0.462 e. The summed E-state index contributed by atoms with van der Waals surface area (Å²) in [5, 5.41) is 0.277. The summed E-state index contributed by atoms with van der Waals surface area (Å²) in [6, 6.07) is 1.30. The quantitative estimate of drug-likeness (QED) is 0.872. The molecule has 0 fully saturated rings. The molecule has 0 aliphatic heterocycles. The van der Waals surface area contributed by atoms with Crippen molar-refractivity contribution in [3.63, 3.8) is 0 Å². The molecule has 1 N–H and O–H groups in total. The number of aryl methyl sites for hydroxylation is 1. The van der Waals surface area contributed by atoms with E-state index in [1.165, 1.54) is 6.07 Å². The third-order valence-electron chi connectivity index (χ3n) is 2.91. The van der Waals surface area contributed by atoms with Gasteiger partial charge in [-0.1, -0.05) is 6.92 Å². The fraction of sp³-hybridized carbons (Fsp3) is 0.462. The SMILES string of the molecule is CCc1cc(=O)oc2nc(OCC(C)OC)[nH]c(=O)c12. The largest absolute Gasteiger partial charge is 0.462 e. The van der Waals surface area contributed by atoms with E-state index in [2.05, 4.69) is 9.97 Å². The van der Waals surface area contributed by atoms with Crippen molar-refractivity contribution in [2.75, 3.05) is 13.7 Å². The van der Waals surface area contributed by atoms with Crippen molar-refractivity contribution in [2.45, 2.75) is 26.4 Å². The number of aromatic amines is 1. The molecule has 2 rings (SSSR count). The van der Waals surface area contributed by atoms with Crippen molar-refractivity contribution >= 4 is 11.1 Å². The van der Waals surface area contributed by atoms with Gasteiger partial charge in [0.2, 0.25) is 5.71 Å². The molecule has 20 heavy (non-hydrogen) atoms. The first kappa shape index (κ1) is 14.3. The van der Waals surface area contributed by atoms with E-state index in [1.54, 1.807) is 7.11 Å². The van der Waals surface area contributed by atoms with Crippen LogP contribution >= 0.6 is 0 Å². The highest BCUT2D eigenvalue weighted by Crippen LogP contribution is 2.13. The number of rotatable bonds is 5. The summed E-state index contributed by atoms with van der Waals surface area (Å²) in [6.45, 7) is 3.88. The zero-order chi connectivity index (χ0) is 14.7. The molecule has 0 aliphatic carbocycles. The van der Waals surface area contributed by atoms with Gasteiger partial charge in [0.15, 0.2) is 0 Å². The number of nitrogens with zero attached hydrogens (tertiary/aromatic N) is 1. The van der Waals surface area contributed by atoms with Gasteiger partial charge in [0.05, 0.1) is 6.10 Å². The number of methoxy groups -OCH3 is 1. The lowest BCUT2D eigenvalue weighted by Gasteiger charge is -2.10. The van der Waals surface area contributed by atoms with E-state index in [0.717, 1.165) is 0 Å². The molecule has 0 saturated heterocycles. The Labute approximate surface area is 114 Å². The summed E-state index contributed by atoms with van der Waals surface area (Å²) in [6.07, 6.45) is 0.387. The molecule has 0 radical (unpaired) electrons. The third kappa shape index (κ3) is 2.88. The Kier molecular flexibility index (Phi) is 4.19. The average Bonchev–Trinajstić information content (AvgIpc) is 2.43. The van der Waals surface area contributed by atoms with Crippen LogP contribution in [-0.2, 0) is 11.2 Å². The van der Waals surface area contributed by atoms with E-state index >= 15 is 0 Å². The van der Waals surface area contributed by atoms with Crippen LogP contribution in [-0.4, -0.2) is 29.8 Å². The fourth-order valence-corrected chi connectivity index (χ4v) is 1.74. The van der Waals surface area contributed by atoms with Crippen molar-refractivity contribution in [1.82, 2.24) is 9.97 Å². The molecule has 108 valence electrons. The van der Waals surface area contributed by atoms with Crippen LogP contribution in [0.25, 0.3) is 11.1 Å². The van der Waals surface area contributed by atoms with E-state index < -0.39 is 11.2 Å². The van der Waals surface area contributed by atoms with Gasteiger partial charge in [-0.25, -0.2) is 4.79 Å². The fourth-order valence-electron chi connectivity index (χ4n) is 1.74. The highest BCUT2D eigenvalue weighted by atomic mass is 16.5. The first-order valence-electron chi connectivity index (χ1n) is 6.27. The predicted molar refractivity (Wildman–Crippen MR) is 72.2 cm³/mol. The lowest BCUT2D eigenvalue weighted by molar-refractivity contribution is 0.0679. The van der Waals surface area contributed by atoms with Crippen LogP contribution in [0.15, 0.2) is 20.1 Å². The molecule has 2 heterocycles.